The Morgan fingerprint density at radius 3 is 2.85 bits per heavy atom. The molecule has 0 radical (unpaired) electrons. The number of anilines is 1. The SMILES string of the molecule is Cc1nc(N2CCCC3(C2)NC(=O)NC3=O)c2c(CC(C)C)csc2n1. The highest BCUT2D eigenvalue weighted by atomic mass is 32.1. The van der Waals surface area contributed by atoms with Crippen LogP contribution in [0.1, 0.15) is 38.1 Å². The molecule has 1 atom stereocenters. The van der Waals surface area contributed by atoms with Crippen molar-refractivity contribution < 1.29 is 9.59 Å². The van der Waals surface area contributed by atoms with E-state index in [1.807, 2.05) is 6.92 Å². The number of thiophene rings is 1. The van der Waals surface area contributed by atoms with Crippen molar-refractivity contribution in [3.8, 4) is 0 Å². The molecule has 0 aliphatic carbocycles. The van der Waals surface area contributed by atoms with E-state index in [1.165, 1.54) is 5.56 Å². The van der Waals surface area contributed by atoms with Crippen LogP contribution in [0.15, 0.2) is 5.38 Å². The summed E-state index contributed by atoms with van der Waals surface area (Å²) in [6.07, 6.45) is 2.44. The molecule has 138 valence electrons. The highest BCUT2D eigenvalue weighted by Gasteiger charge is 2.49. The molecule has 2 aromatic rings. The van der Waals surface area contributed by atoms with Crippen molar-refractivity contribution in [3.05, 3.63) is 16.8 Å². The average Bonchev–Trinajstić information content (AvgIpc) is 3.07. The number of aromatic nitrogens is 2. The summed E-state index contributed by atoms with van der Waals surface area (Å²) < 4.78 is 0. The second-order valence-electron chi connectivity index (χ2n) is 7.65. The summed E-state index contributed by atoms with van der Waals surface area (Å²) in [6, 6.07) is -0.406. The van der Waals surface area contributed by atoms with E-state index in [4.69, 9.17) is 4.98 Å². The van der Waals surface area contributed by atoms with Crippen LogP contribution in [0.5, 0.6) is 0 Å². The molecule has 0 saturated carbocycles. The van der Waals surface area contributed by atoms with Gasteiger partial charge >= 0.3 is 6.03 Å². The van der Waals surface area contributed by atoms with Crippen molar-refractivity contribution >= 4 is 39.3 Å². The number of rotatable bonds is 3. The first-order valence-electron chi connectivity index (χ1n) is 9.01. The van der Waals surface area contributed by atoms with Crippen LogP contribution in [-0.2, 0) is 11.2 Å². The van der Waals surface area contributed by atoms with E-state index in [0.717, 1.165) is 41.2 Å². The smallest absolute Gasteiger partial charge is 0.322 e. The summed E-state index contributed by atoms with van der Waals surface area (Å²) in [5.74, 6) is 1.92. The number of piperidine rings is 1. The van der Waals surface area contributed by atoms with Gasteiger partial charge in [0.05, 0.1) is 11.9 Å². The maximum atomic E-state index is 12.4. The normalized spacial score (nSPS) is 23.2. The molecule has 0 aromatic carbocycles. The maximum absolute atomic E-state index is 12.4. The lowest BCUT2D eigenvalue weighted by molar-refractivity contribution is -0.124. The standard InChI is InChI=1S/C18H23N5O2S/c1-10(2)7-12-8-26-15-13(12)14(19-11(3)20-15)23-6-4-5-18(9-23)16(24)21-17(25)22-18/h8,10H,4-7,9H2,1-3H3,(H2,21,22,24,25). The number of imide groups is 1. The summed E-state index contributed by atoms with van der Waals surface area (Å²) in [6.45, 7) is 7.55. The summed E-state index contributed by atoms with van der Waals surface area (Å²) >= 11 is 1.65. The lowest BCUT2D eigenvalue weighted by Crippen LogP contribution is -2.58. The molecule has 2 saturated heterocycles. The zero-order valence-corrected chi connectivity index (χ0v) is 16.1. The van der Waals surface area contributed by atoms with Crippen LogP contribution in [0.4, 0.5) is 10.6 Å². The Morgan fingerprint density at radius 1 is 1.35 bits per heavy atom. The molecule has 7 nitrogen and oxygen atoms in total. The highest BCUT2D eigenvalue weighted by molar-refractivity contribution is 7.17. The van der Waals surface area contributed by atoms with Crippen molar-refractivity contribution in [3.63, 3.8) is 0 Å². The molecule has 1 unspecified atom stereocenters. The van der Waals surface area contributed by atoms with E-state index in [1.54, 1.807) is 11.3 Å². The minimum Gasteiger partial charge on any atom is -0.353 e. The third-order valence-electron chi connectivity index (χ3n) is 5.04. The molecular weight excluding hydrogens is 350 g/mol. The van der Waals surface area contributed by atoms with Crippen LogP contribution in [0.25, 0.3) is 10.2 Å². The van der Waals surface area contributed by atoms with Crippen LogP contribution in [0, 0.1) is 12.8 Å². The Morgan fingerprint density at radius 2 is 2.15 bits per heavy atom. The number of carbonyl (C=O) groups is 2. The van der Waals surface area contributed by atoms with Crippen molar-refractivity contribution in [1.29, 1.82) is 0 Å². The topological polar surface area (TPSA) is 87.2 Å². The number of amides is 3. The van der Waals surface area contributed by atoms with Gasteiger partial charge in [0.25, 0.3) is 5.91 Å². The largest absolute Gasteiger partial charge is 0.353 e. The molecule has 0 bridgehead atoms. The quantitative estimate of drug-likeness (QED) is 0.807. The van der Waals surface area contributed by atoms with Crippen LogP contribution in [-0.4, -0.2) is 40.5 Å². The third kappa shape index (κ3) is 2.82. The van der Waals surface area contributed by atoms with Gasteiger partial charge in [0.15, 0.2) is 0 Å². The number of nitrogens with one attached hydrogen (secondary N) is 2. The fraction of sp³-hybridized carbons (Fsp3) is 0.556. The number of fused-ring (bicyclic) bond motifs is 1. The molecule has 2 aliphatic rings. The van der Waals surface area contributed by atoms with E-state index in [-0.39, 0.29) is 5.91 Å². The molecule has 1 spiro atoms. The van der Waals surface area contributed by atoms with Gasteiger partial charge in [-0.05, 0) is 43.0 Å². The first-order chi connectivity index (χ1) is 12.4. The van der Waals surface area contributed by atoms with Gasteiger partial charge < -0.3 is 10.2 Å². The summed E-state index contributed by atoms with van der Waals surface area (Å²) in [5, 5.41) is 8.49. The van der Waals surface area contributed by atoms with E-state index < -0.39 is 11.6 Å². The summed E-state index contributed by atoms with van der Waals surface area (Å²) in [5.41, 5.74) is 0.406. The molecule has 3 amide bonds. The molecule has 8 heteroatoms. The monoisotopic (exact) mass is 373 g/mol. The summed E-state index contributed by atoms with van der Waals surface area (Å²) in [4.78, 5) is 36.5. The first-order valence-corrected chi connectivity index (χ1v) is 9.89. The van der Waals surface area contributed by atoms with Crippen molar-refractivity contribution in [2.45, 2.75) is 45.6 Å². The Bertz CT molecular complexity index is 893. The first kappa shape index (κ1) is 17.2. The van der Waals surface area contributed by atoms with Crippen LogP contribution >= 0.6 is 11.3 Å². The van der Waals surface area contributed by atoms with Gasteiger partial charge in [-0.2, -0.15) is 0 Å². The number of urea groups is 1. The van der Waals surface area contributed by atoms with Crippen molar-refractivity contribution in [2.24, 2.45) is 5.92 Å². The molecular formula is C18H23N5O2S. The third-order valence-corrected chi connectivity index (χ3v) is 5.96. The Hall–Kier alpha value is -2.22. The minimum absolute atomic E-state index is 0.234. The Kier molecular flexibility index (Phi) is 4.10. The lowest BCUT2D eigenvalue weighted by Gasteiger charge is -2.39. The lowest BCUT2D eigenvalue weighted by atomic mass is 9.89. The van der Waals surface area contributed by atoms with Gasteiger partial charge in [0.1, 0.15) is 22.0 Å². The summed E-state index contributed by atoms with van der Waals surface area (Å²) in [7, 11) is 0. The van der Waals surface area contributed by atoms with Gasteiger partial charge in [-0.1, -0.05) is 13.8 Å². The molecule has 2 fully saturated rings. The zero-order valence-electron chi connectivity index (χ0n) is 15.3. The van der Waals surface area contributed by atoms with Gasteiger partial charge in [0, 0.05) is 6.54 Å². The van der Waals surface area contributed by atoms with Crippen LogP contribution in [0.3, 0.4) is 0 Å². The molecule has 4 rings (SSSR count). The van der Waals surface area contributed by atoms with E-state index >= 15 is 0 Å². The molecule has 2 N–H and O–H groups in total. The van der Waals surface area contributed by atoms with Crippen molar-refractivity contribution in [2.75, 3.05) is 18.0 Å². The number of hydrogen-bond donors (Lipinski definition) is 2. The average molecular weight is 373 g/mol. The molecule has 26 heavy (non-hydrogen) atoms. The fourth-order valence-electron chi connectivity index (χ4n) is 3.96. The zero-order chi connectivity index (χ0) is 18.5. The Labute approximate surface area is 156 Å². The Balaban J connectivity index is 1.77. The van der Waals surface area contributed by atoms with E-state index in [0.29, 0.717) is 18.9 Å². The molecule has 2 aliphatic heterocycles. The van der Waals surface area contributed by atoms with Crippen LogP contribution in [0.2, 0.25) is 0 Å². The predicted molar refractivity (Wildman–Crippen MR) is 102 cm³/mol. The number of hydrogen-bond acceptors (Lipinski definition) is 6. The second-order valence-corrected chi connectivity index (χ2v) is 8.51. The predicted octanol–water partition coefficient (Wildman–Crippen LogP) is 2.38. The minimum atomic E-state index is -0.852. The molecule has 2 aromatic heterocycles. The van der Waals surface area contributed by atoms with Gasteiger partial charge in [0.2, 0.25) is 0 Å². The second kappa shape index (κ2) is 6.19. The van der Waals surface area contributed by atoms with E-state index in [9.17, 15) is 9.59 Å². The van der Waals surface area contributed by atoms with Gasteiger partial charge in [-0.25, -0.2) is 14.8 Å². The molecule has 4 heterocycles. The number of nitrogens with zero attached hydrogens (tertiary/aromatic N) is 3. The van der Waals surface area contributed by atoms with Gasteiger partial charge in [-0.15, -0.1) is 11.3 Å². The van der Waals surface area contributed by atoms with Crippen molar-refractivity contribution in [1.82, 2.24) is 20.6 Å². The maximum Gasteiger partial charge on any atom is 0.322 e. The van der Waals surface area contributed by atoms with Crippen LogP contribution < -0.4 is 15.5 Å². The number of aryl methyl sites for hydroxylation is 1. The van der Waals surface area contributed by atoms with Gasteiger partial charge in [-0.3, -0.25) is 10.1 Å². The van der Waals surface area contributed by atoms with E-state index in [2.05, 4.69) is 39.7 Å². The highest BCUT2D eigenvalue weighted by Crippen LogP contribution is 2.36. The fourth-order valence-corrected chi connectivity index (χ4v) is 4.95. The number of carbonyl (C=O) groups excluding carboxylic acids is 2.